The van der Waals surface area contributed by atoms with Crippen LogP contribution in [0.15, 0.2) is 109 Å². The van der Waals surface area contributed by atoms with Crippen molar-refractivity contribution in [1.29, 1.82) is 0 Å². The molecule has 0 unspecified atom stereocenters. The molecule has 0 spiro atoms. The van der Waals surface area contributed by atoms with Gasteiger partial charge in [0.15, 0.2) is 5.11 Å². The van der Waals surface area contributed by atoms with Crippen LogP contribution in [0, 0.1) is 0 Å². The molecular formula is C33H40N2O2PS+. The van der Waals surface area contributed by atoms with Crippen molar-refractivity contribution in [2.45, 2.75) is 27.7 Å². The molecule has 0 atom stereocenters. The number of hydrogen-bond acceptors (Lipinski definition) is 3. The van der Waals surface area contributed by atoms with Gasteiger partial charge >= 0.3 is 0 Å². The molecule has 0 heterocycles. The second-order valence-corrected chi connectivity index (χ2v) is 13.4. The largest absolute Gasteiger partial charge is 0.494 e. The van der Waals surface area contributed by atoms with E-state index in [1.165, 1.54) is 22.9 Å². The Kier molecular flexibility index (Phi) is 12.3. The number of ether oxygens (including phenoxy) is 2. The molecule has 0 radical (unpaired) electrons. The molecule has 0 fully saturated rings. The van der Waals surface area contributed by atoms with Crippen LogP contribution in [0.25, 0.3) is 0 Å². The third-order valence-corrected chi connectivity index (χ3v) is 11.4. The minimum absolute atomic E-state index is 0.535. The maximum atomic E-state index is 5.40. The summed E-state index contributed by atoms with van der Waals surface area (Å²) in [5.41, 5.74) is 1.82. The fourth-order valence-electron chi connectivity index (χ4n) is 4.43. The van der Waals surface area contributed by atoms with Crippen molar-refractivity contribution in [3.8, 4) is 11.5 Å². The number of anilines is 2. The predicted octanol–water partition coefficient (Wildman–Crippen LogP) is 7.99. The minimum atomic E-state index is -1.16. The van der Waals surface area contributed by atoms with Crippen LogP contribution in [0.4, 0.5) is 11.4 Å². The molecule has 0 aliphatic heterocycles. The van der Waals surface area contributed by atoms with E-state index in [2.05, 4.69) is 85.1 Å². The summed E-state index contributed by atoms with van der Waals surface area (Å²) >= 11 is 5.30. The topological polar surface area (TPSA) is 42.5 Å². The molecule has 6 heteroatoms. The summed E-state index contributed by atoms with van der Waals surface area (Å²) in [5, 5.41) is 9.88. The monoisotopic (exact) mass is 559 g/mol. The SMILES string of the molecule is CCOc1ccc(NC(=S)Nc2ccc(OCC)cc2)cc1.CC[P+](CC)(c1ccccc1)c1ccccc1. The average Bonchev–Trinajstić information content (AvgIpc) is 2.98. The van der Waals surface area contributed by atoms with Crippen molar-refractivity contribution in [1.82, 2.24) is 0 Å². The fourth-order valence-corrected chi connectivity index (χ4v) is 8.35. The third kappa shape index (κ3) is 8.81. The highest BCUT2D eigenvalue weighted by molar-refractivity contribution is 7.89. The van der Waals surface area contributed by atoms with Crippen LogP contribution in [-0.4, -0.2) is 30.7 Å². The van der Waals surface area contributed by atoms with E-state index in [1.54, 1.807) is 0 Å². The summed E-state index contributed by atoms with van der Waals surface area (Å²) in [7, 11) is -1.16. The zero-order valence-corrected chi connectivity index (χ0v) is 25.1. The van der Waals surface area contributed by atoms with Crippen LogP contribution in [0.3, 0.4) is 0 Å². The van der Waals surface area contributed by atoms with Gasteiger partial charge in [0.05, 0.1) is 43.4 Å². The lowest BCUT2D eigenvalue weighted by Gasteiger charge is -2.24. The fraction of sp³-hybridized carbons (Fsp3) is 0.242. The summed E-state index contributed by atoms with van der Waals surface area (Å²) < 4.78 is 10.8. The van der Waals surface area contributed by atoms with Crippen LogP contribution in [-0.2, 0) is 0 Å². The lowest BCUT2D eigenvalue weighted by atomic mass is 10.3. The summed E-state index contributed by atoms with van der Waals surface area (Å²) in [6.07, 6.45) is 2.50. The molecule has 0 saturated carbocycles. The first-order valence-corrected chi connectivity index (χ1v) is 16.1. The second kappa shape index (κ2) is 15.9. The standard InChI is InChI=1S/C17H20N2O2S.C16H20P/c1-3-20-15-9-5-13(6-10-15)18-17(22)19-14-7-11-16(12-8-14)21-4-2;1-3-17(4-2,15-11-7-5-8-12-15)16-13-9-6-10-14-16/h5-12H,3-4H2,1-2H3,(H2,18,19,22);5-14H,3-4H2,1-2H3/q;+1. The molecule has 39 heavy (non-hydrogen) atoms. The molecule has 4 aromatic carbocycles. The van der Waals surface area contributed by atoms with Crippen LogP contribution in [0.1, 0.15) is 27.7 Å². The summed E-state index contributed by atoms with van der Waals surface area (Å²) in [5.74, 6) is 1.69. The molecule has 4 aromatic rings. The number of hydrogen-bond donors (Lipinski definition) is 2. The van der Waals surface area contributed by atoms with E-state index in [0.29, 0.717) is 18.3 Å². The van der Waals surface area contributed by atoms with Gasteiger partial charge in [0.25, 0.3) is 0 Å². The zero-order chi connectivity index (χ0) is 27.9. The van der Waals surface area contributed by atoms with Crippen molar-refractivity contribution in [2.24, 2.45) is 0 Å². The Bertz CT molecular complexity index is 1150. The van der Waals surface area contributed by atoms with Crippen molar-refractivity contribution in [2.75, 3.05) is 36.2 Å². The summed E-state index contributed by atoms with van der Waals surface area (Å²) in [6, 6.07) is 37.4. The normalized spacial score (nSPS) is 10.6. The first kappa shape index (κ1) is 30.1. The number of benzene rings is 4. The summed E-state index contributed by atoms with van der Waals surface area (Å²) in [6.45, 7) is 9.90. The molecule has 0 aromatic heterocycles. The van der Waals surface area contributed by atoms with E-state index >= 15 is 0 Å². The Morgan fingerprint density at radius 2 is 0.923 bits per heavy atom. The lowest BCUT2D eigenvalue weighted by Crippen LogP contribution is -2.25. The first-order chi connectivity index (χ1) is 19.0. The van der Waals surface area contributed by atoms with E-state index < -0.39 is 7.26 Å². The van der Waals surface area contributed by atoms with Gasteiger partial charge in [-0.2, -0.15) is 0 Å². The number of thiocarbonyl (C=S) groups is 1. The maximum Gasteiger partial charge on any atom is 0.175 e. The highest BCUT2D eigenvalue weighted by Gasteiger charge is 2.38. The Morgan fingerprint density at radius 3 is 1.23 bits per heavy atom. The second-order valence-electron chi connectivity index (χ2n) is 8.77. The average molecular weight is 560 g/mol. The maximum absolute atomic E-state index is 5.40. The van der Waals surface area contributed by atoms with E-state index in [0.717, 1.165) is 22.9 Å². The van der Waals surface area contributed by atoms with Crippen LogP contribution in [0.2, 0.25) is 0 Å². The Labute approximate surface area is 240 Å². The van der Waals surface area contributed by atoms with Crippen LogP contribution in [0.5, 0.6) is 11.5 Å². The van der Waals surface area contributed by atoms with Gasteiger partial charge in [-0.3, -0.25) is 0 Å². The molecule has 0 amide bonds. The van der Waals surface area contributed by atoms with Gasteiger partial charge in [-0.25, -0.2) is 0 Å². The minimum Gasteiger partial charge on any atom is -0.494 e. The van der Waals surface area contributed by atoms with Gasteiger partial charge in [-0.1, -0.05) is 36.4 Å². The predicted molar refractivity (Wildman–Crippen MR) is 175 cm³/mol. The van der Waals surface area contributed by atoms with Crippen LogP contribution < -0.4 is 30.7 Å². The highest BCUT2D eigenvalue weighted by atomic mass is 32.1. The lowest BCUT2D eigenvalue weighted by molar-refractivity contribution is 0.340. The highest BCUT2D eigenvalue weighted by Crippen LogP contribution is 2.55. The van der Waals surface area contributed by atoms with Crippen LogP contribution >= 0.6 is 19.5 Å². The molecule has 0 bridgehead atoms. The molecule has 4 nitrogen and oxygen atoms in total. The van der Waals surface area contributed by atoms with Gasteiger partial charge < -0.3 is 20.1 Å². The van der Waals surface area contributed by atoms with Gasteiger partial charge in [-0.05, 0) is 113 Å². The van der Waals surface area contributed by atoms with Crippen molar-refractivity contribution in [3.05, 3.63) is 109 Å². The van der Waals surface area contributed by atoms with Crippen molar-refractivity contribution >= 4 is 46.6 Å². The van der Waals surface area contributed by atoms with Gasteiger partial charge in [0, 0.05) is 11.4 Å². The third-order valence-electron chi connectivity index (χ3n) is 6.43. The van der Waals surface area contributed by atoms with E-state index in [4.69, 9.17) is 21.7 Å². The van der Waals surface area contributed by atoms with E-state index in [1.807, 2.05) is 62.4 Å². The molecule has 0 saturated heterocycles. The Hall–Kier alpha value is -3.40. The quantitative estimate of drug-likeness (QED) is 0.152. The zero-order valence-electron chi connectivity index (χ0n) is 23.4. The first-order valence-electron chi connectivity index (χ1n) is 13.6. The molecule has 2 N–H and O–H groups in total. The molecular weight excluding hydrogens is 519 g/mol. The summed E-state index contributed by atoms with van der Waals surface area (Å²) in [4.78, 5) is 0. The van der Waals surface area contributed by atoms with Crippen molar-refractivity contribution < 1.29 is 9.47 Å². The molecule has 4 rings (SSSR count). The number of nitrogens with one attached hydrogen (secondary N) is 2. The van der Waals surface area contributed by atoms with Gasteiger partial charge in [0.2, 0.25) is 0 Å². The number of rotatable bonds is 10. The van der Waals surface area contributed by atoms with E-state index in [-0.39, 0.29) is 0 Å². The van der Waals surface area contributed by atoms with Gasteiger partial charge in [-0.15, -0.1) is 0 Å². The van der Waals surface area contributed by atoms with E-state index in [9.17, 15) is 0 Å². The Morgan fingerprint density at radius 1 is 0.564 bits per heavy atom. The molecule has 0 aliphatic rings. The molecule has 0 aliphatic carbocycles. The van der Waals surface area contributed by atoms with Gasteiger partial charge in [0.1, 0.15) is 11.5 Å². The molecule has 204 valence electrons. The smallest absolute Gasteiger partial charge is 0.175 e. The Balaban J connectivity index is 0.000000223. The van der Waals surface area contributed by atoms with Crippen molar-refractivity contribution in [3.63, 3.8) is 0 Å².